The van der Waals surface area contributed by atoms with Crippen LogP contribution in [-0.4, -0.2) is 4.98 Å². The van der Waals surface area contributed by atoms with Crippen molar-refractivity contribution in [2.45, 2.75) is 0 Å². The van der Waals surface area contributed by atoms with E-state index in [1.54, 1.807) is 11.3 Å². The molecule has 0 aliphatic carbocycles. The summed E-state index contributed by atoms with van der Waals surface area (Å²) in [6.07, 6.45) is 4.00. The van der Waals surface area contributed by atoms with Gasteiger partial charge in [-0.05, 0) is 40.2 Å². The van der Waals surface area contributed by atoms with E-state index in [1.807, 2.05) is 23.6 Å². The van der Waals surface area contributed by atoms with Gasteiger partial charge < -0.3 is 5.73 Å². The van der Waals surface area contributed by atoms with Crippen molar-refractivity contribution in [2.75, 3.05) is 5.73 Å². The lowest BCUT2D eigenvalue weighted by molar-refractivity contribution is 1.39. The summed E-state index contributed by atoms with van der Waals surface area (Å²) in [5.41, 5.74) is 6.43. The lowest BCUT2D eigenvalue weighted by atomic mass is 10.4. The Balaban J connectivity index is 2.14. The molecule has 0 saturated carbocycles. The predicted octanol–water partition coefficient (Wildman–Crippen LogP) is 3.72. The van der Waals surface area contributed by atoms with Gasteiger partial charge in [-0.15, -0.1) is 22.7 Å². The van der Waals surface area contributed by atoms with Gasteiger partial charge in [0.05, 0.1) is 9.48 Å². The Bertz CT molecular complexity index is 417. The van der Waals surface area contributed by atoms with E-state index >= 15 is 0 Å². The second kappa shape index (κ2) is 4.25. The molecule has 72 valence electrons. The molecule has 0 fully saturated rings. The molecule has 2 heterocycles. The lowest BCUT2D eigenvalue weighted by Gasteiger charge is -1.82. The van der Waals surface area contributed by atoms with Gasteiger partial charge in [0.1, 0.15) is 0 Å². The summed E-state index contributed by atoms with van der Waals surface area (Å²) < 4.78 is 1.13. The Labute approximate surface area is 98.2 Å². The van der Waals surface area contributed by atoms with Gasteiger partial charge in [0.15, 0.2) is 5.13 Å². The van der Waals surface area contributed by atoms with Crippen LogP contribution in [0.4, 0.5) is 5.13 Å². The Morgan fingerprint density at radius 3 is 2.79 bits per heavy atom. The van der Waals surface area contributed by atoms with E-state index in [2.05, 4.69) is 27.0 Å². The molecule has 0 saturated heterocycles. The summed E-state index contributed by atoms with van der Waals surface area (Å²) in [5.74, 6) is 0. The van der Waals surface area contributed by atoms with Gasteiger partial charge in [0.2, 0.25) is 0 Å². The Morgan fingerprint density at radius 2 is 2.21 bits per heavy atom. The van der Waals surface area contributed by atoms with Crippen LogP contribution >= 0.6 is 38.6 Å². The lowest BCUT2D eigenvalue weighted by Crippen LogP contribution is -1.80. The molecule has 0 unspecified atom stereocenters. The highest BCUT2D eigenvalue weighted by molar-refractivity contribution is 9.11. The third kappa shape index (κ3) is 2.43. The number of aromatic nitrogens is 1. The van der Waals surface area contributed by atoms with Crippen LogP contribution in [0.2, 0.25) is 0 Å². The molecule has 0 radical (unpaired) electrons. The van der Waals surface area contributed by atoms with Crippen LogP contribution in [0.25, 0.3) is 12.2 Å². The zero-order valence-corrected chi connectivity index (χ0v) is 10.3. The number of hydrogen-bond acceptors (Lipinski definition) is 4. The number of nitrogens with zero attached hydrogens (tertiary/aromatic N) is 1. The molecule has 0 atom stereocenters. The molecule has 0 aliphatic heterocycles. The average molecular weight is 287 g/mol. The van der Waals surface area contributed by atoms with E-state index in [-0.39, 0.29) is 0 Å². The minimum Gasteiger partial charge on any atom is -0.375 e. The second-order valence-corrected chi connectivity index (χ2v) is 5.97. The van der Waals surface area contributed by atoms with E-state index in [9.17, 15) is 0 Å². The molecular formula is C9H7BrN2S2. The standard InChI is InChI=1S/C9H7BrN2S2/c10-8-4-3-7(14-8)2-1-6-5-13-9(11)12-6/h1-5H,(H2,11,12)/b2-1+. The van der Waals surface area contributed by atoms with E-state index < -0.39 is 0 Å². The van der Waals surface area contributed by atoms with Crippen molar-refractivity contribution in [1.82, 2.24) is 4.98 Å². The monoisotopic (exact) mass is 286 g/mol. The van der Waals surface area contributed by atoms with Crippen molar-refractivity contribution >= 4 is 55.9 Å². The Kier molecular flexibility index (Phi) is 3.00. The van der Waals surface area contributed by atoms with Gasteiger partial charge in [-0.2, -0.15) is 0 Å². The Morgan fingerprint density at radius 1 is 1.36 bits per heavy atom. The first-order valence-electron chi connectivity index (χ1n) is 3.88. The average Bonchev–Trinajstić information content (AvgIpc) is 2.72. The van der Waals surface area contributed by atoms with Gasteiger partial charge in [-0.1, -0.05) is 0 Å². The zero-order chi connectivity index (χ0) is 9.97. The highest BCUT2D eigenvalue weighted by Crippen LogP contribution is 2.24. The van der Waals surface area contributed by atoms with Gasteiger partial charge >= 0.3 is 0 Å². The molecule has 14 heavy (non-hydrogen) atoms. The number of halogens is 1. The van der Waals surface area contributed by atoms with E-state index in [0.717, 1.165) is 9.48 Å². The van der Waals surface area contributed by atoms with Crippen LogP contribution < -0.4 is 5.73 Å². The van der Waals surface area contributed by atoms with Crippen molar-refractivity contribution < 1.29 is 0 Å². The molecule has 0 bridgehead atoms. The topological polar surface area (TPSA) is 38.9 Å². The predicted molar refractivity (Wildman–Crippen MR) is 67.5 cm³/mol. The fraction of sp³-hybridized carbons (Fsp3) is 0. The van der Waals surface area contributed by atoms with Crippen LogP contribution in [0.5, 0.6) is 0 Å². The van der Waals surface area contributed by atoms with Crippen molar-refractivity contribution in [1.29, 1.82) is 0 Å². The van der Waals surface area contributed by atoms with Gasteiger partial charge in [-0.3, -0.25) is 0 Å². The van der Waals surface area contributed by atoms with Crippen molar-refractivity contribution in [3.8, 4) is 0 Å². The van der Waals surface area contributed by atoms with Crippen molar-refractivity contribution in [2.24, 2.45) is 0 Å². The summed E-state index contributed by atoms with van der Waals surface area (Å²) in [4.78, 5) is 5.33. The number of anilines is 1. The Hall–Kier alpha value is -0.650. The molecule has 5 heteroatoms. The second-order valence-electron chi connectivity index (χ2n) is 2.59. The smallest absolute Gasteiger partial charge is 0.180 e. The maximum absolute atomic E-state index is 5.52. The molecular weight excluding hydrogens is 280 g/mol. The number of hydrogen-bond donors (Lipinski definition) is 1. The van der Waals surface area contributed by atoms with E-state index in [4.69, 9.17) is 5.73 Å². The maximum Gasteiger partial charge on any atom is 0.180 e. The van der Waals surface area contributed by atoms with E-state index in [0.29, 0.717) is 5.13 Å². The highest BCUT2D eigenvalue weighted by Gasteiger charge is 1.95. The van der Waals surface area contributed by atoms with Gasteiger partial charge in [0, 0.05) is 10.3 Å². The number of nitrogen functional groups attached to an aromatic ring is 1. The fourth-order valence-electron chi connectivity index (χ4n) is 0.963. The van der Waals surface area contributed by atoms with Crippen LogP contribution in [0, 0.1) is 0 Å². The number of rotatable bonds is 2. The van der Waals surface area contributed by atoms with Crippen molar-refractivity contribution in [3.63, 3.8) is 0 Å². The molecule has 2 aromatic heterocycles. The molecule has 2 N–H and O–H groups in total. The van der Waals surface area contributed by atoms with Crippen LogP contribution in [-0.2, 0) is 0 Å². The first kappa shape index (κ1) is 9.89. The summed E-state index contributed by atoms with van der Waals surface area (Å²) in [7, 11) is 0. The quantitative estimate of drug-likeness (QED) is 0.914. The molecule has 2 aromatic rings. The zero-order valence-electron chi connectivity index (χ0n) is 7.11. The number of nitrogens with two attached hydrogens (primary N) is 1. The summed E-state index contributed by atoms with van der Waals surface area (Å²) in [6.45, 7) is 0. The molecule has 0 aliphatic rings. The maximum atomic E-state index is 5.52. The molecule has 0 amide bonds. The molecule has 0 spiro atoms. The van der Waals surface area contributed by atoms with Crippen molar-refractivity contribution in [3.05, 3.63) is 31.9 Å². The van der Waals surface area contributed by atoms with Gasteiger partial charge in [0.25, 0.3) is 0 Å². The molecule has 0 aromatic carbocycles. The third-order valence-corrected chi connectivity index (χ3v) is 3.83. The normalized spacial score (nSPS) is 11.2. The van der Waals surface area contributed by atoms with Crippen LogP contribution in [0.15, 0.2) is 21.3 Å². The largest absolute Gasteiger partial charge is 0.375 e. The van der Waals surface area contributed by atoms with Crippen LogP contribution in [0.3, 0.4) is 0 Å². The minimum atomic E-state index is 0.608. The molecule has 2 nitrogen and oxygen atoms in total. The van der Waals surface area contributed by atoms with Crippen LogP contribution in [0.1, 0.15) is 10.6 Å². The first-order chi connectivity index (χ1) is 6.74. The highest BCUT2D eigenvalue weighted by atomic mass is 79.9. The third-order valence-electron chi connectivity index (χ3n) is 1.55. The SMILES string of the molecule is Nc1nc(/C=C/c2ccc(Br)s2)cs1. The first-order valence-corrected chi connectivity index (χ1v) is 6.37. The summed E-state index contributed by atoms with van der Waals surface area (Å²) in [5, 5.41) is 2.55. The van der Waals surface area contributed by atoms with E-state index in [1.165, 1.54) is 16.2 Å². The number of thiophene rings is 1. The van der Waals surface area contributed by atoms with Gasteiger partial charge in [-0.25, -0.2) is 4.98 Å². The number of thiazole rings is 1. The molecule has 2 rings (SSSR count). The fourth-order valence-corrected chi connectivity index (χ4v) is 2.82. The summed E-state index contributed by atoms with van der Waals surface area (Å²) in [6, 6.07) is 4.08. The summed E-state index contributed by atoms with van der Waals surface area (Å²) >= 11 is 6.56. The minimum absolute atomic E-state index is 0.608.